The first-order valence-electron chi connectivity index (χ1n) is 11.6. The van der Waals surface area contributed by atoms with Crippen molar-refractivity contribution < 1.29 is 9.59 Å². The average Bonchev–Trinajstić information content (AvgIpc) is 3.33. The molecule has 9 heteroatoms. The van der Waals surface area contributed by atoms with Gasteiger partial charge in [-0.3, -0.25) is 9.59 Å². The molecule has 8 nitrogen and oxygen atoms in total. The molecule has 1 saturated heterocycles. The van der Waals surface area contributed by atoms with Crippen molar-refractivity contribution >= 4 is 40.2 Å². The van der Waals surface area contributed by atoms with Crippen molar-refractivity contribution in [1.29, 1.82) is 0 Å². The van der Waals surface area contributed by atoms with Gasteiger partial charge in [0.05, 0.1) is 5.52 Å². The second-order valence-electron chi connectivity index (χ2n) is 8.65. The number of nitrogens with one attached hydrogen (secondary N) is 1. The standard InChI is InChI=1S/C24H36N6O2S/c1-4-30-23(32)20(33-24(30)21(25)22(26)31)16-27-18-10-9-17-11-14-29(19(17)15-18)13-8-6-5-7-12-28(2)3/h9-11,14-15,20,27H,4-8,12-13,16,25H2,1-3H3,(H2,26,31)/b24-21+/t20-/m1/s1. The van der Waals surface area contributed by atoms with Gasteiger partial charge in [-0.25, -0.2) is 0 Å². The van der Waals surface area contributed by atoms with Gasteiger partial charge in [0.25, 0.3) is 5.91 Å². The number of fused-ring (bicyclic) bond motifs is 1. The lowest BCUT2D eigenvalue weighted by atomic mass is 10.2. The summed E-state index contributed by atoms with van der Waals surface area (Å²) in [6.07, 6.45) is 7.02. The first kappa shape index (κ1) is 25.0. The molecule has 2 heterocycles. The third-order valence-corrected chi connectivity index (χ3v) is 7.19. The van der Waals surface area contributed by atoms with E-state index in [1.165, 1.54) is 46.8 Å². The first-order valence-corrected chi connectivity index (χ1v) is 12.4. The quantitative estimate of drug-likeness (QED) is 0.324. The highest BCUT2D eigenvalue weighted by atomic mass is 32.2. The normalized spacial score (nSPS) is 17.9. The lowest BCUT2D eigenvalue weighted by Gasteiger charge is -2.15. The number of carbonyl (C=O) groups excluding carboxylic acids is 2. The summed E-state index contributed by atoms with van der Waals surface area (Å²) in [5, 5.41) is 4.69. The van der Waals surface area contributed by atoms with Crippen molar-refractivity contribution in [2.24, 2.45) is 11.5 Å². The number of thioether (sulfide) groups is 1. The summed E-state index contributed by atoms with van der Waals surface area (Å²) in [7, 11) is 4.23. The fourth-order valence-electron chi connectivity index (χ4n) is 4.03. The highest BCUT2D eigenvalue weighted by Gasteiger charge is 2.37. The van der Waals surface area contributed by atoms with Crippen molar-refractivity contribution in [3.8, 4) is 0 Å². The summed E-state index contributed by atoms with van der Waals surface area (Å²) in [5.74, 6) is -0.769. The summed E-state index contributed by atoms with van der Waals surface area (Å²) in [5.41, 5.74) is 13.2. The highest BCUT2D eigenvalue weighted by molar-refractivity contribution is 8.04. The molecule has 0 bridgehead atoms. The second kappa shape index (κ2) is 11.5. The van der Waals surface area contributed by atoms with Crippen LogP contribution in [0.2, 0.25) is 0 Å². The molecule has 1 fully saturated rings. The third-order valence-electron chi connectivity index (χ3n) is 5.87. The topological polar surface area (TPSA) is 110 Å². The number of carbonyl (C=O) groups is 2. The zero-order chi connectivity index (χ0) is 24.0. The number of amides is 2. The maximum absolute atomic E-state index is 12.8. The van der Waals surface area contributed by atoms with Gasteiger partial charge in [-0.15, -0.1) is 0 Å². The van der Waals surface area contributed by atoms with Crippen LogP contribution < -0.4 is 16.8 Å². The smallest absolute Gasteiger partial charge is 0.267 e. The Morgan fingerprint density at radius 1 is 1.15 bits per heavy atom. The zero-order valence-corrected chi connectivity index (χ0v) is 20.7. The monoisotopic (exact) mass is 472 g/mol. The summed E-state index contributed by atoms with van der Waals surface area (Å²) in [6, 6.07) is 8.41. The Hall–Kier alpha value is -2.65. The van der Waals surface area contributed by atoms with Crippen molar-refractivity contribution in [1.82, 2.24) is 14.4 Å². The average molecular weight is 473 g/mol. The largest absolute Gasteiger partial charge is 0.392 e. The van der Waals surface area contributed by atoms with E-state index in [4.69, 9.17) is 11.5 Å². The minimum atomic E-state index is -0.707. The van der Waals surface area contributed by atoms with Crippen LogP contribution in [0.25, 0.3) is 10.9 Å². The lowest BCUT2D eigenvalue weighted by molar-refractivity contribution is -0.127. The predicted octanol–water partition coefficient (Wildman–Crippen LogP) is 2.75. The number of hydrogen-bond acceptors (Lipinski definition) is 6. The van der Waals surface area contributed by atoms with Crippen molar-refractivity contribution in [2.45, 2.75) is 44.4 Å². The van der Waals surface area contributed by atoms with E-state index in [2.05, 4.69) is 53.3 Å². The lowest BCUT2D eigenvalue weighted by Crippen LogP contribution is -2.33. The number of aryl methyl sites for hydroxylation is 1. The van der Waals surface area contributed by atoms with Crippen molar-refractivity contribution in [2.75, 3.05) is 39.0 Å². The van der Waals surface area contributed by atoms with Gasteiger partial charge in [-0.1, -0.05) is 30.7 Å². The Labute approximate surface area is 200 Å². The Bertz CT molecular complexity index is 1020. The molecule has 1 aromatic carbocycles. The van der Waals surface area contributed by atoms with Crippen LogP contribution >= 0.6 is 11.8 Å². The van der Waals surface area contributed by atoms with Crippen molar-refractivity contribution in [3.05, 3.63) is 41.2 Å². The predicted molar refractivity (Wildman–Crippen MR) is 137 cm³/mol. The Kier molecular flexibility index (Phi) is 8.68. The van der Waals surface area contributed by atoms with Crippen LogP contribution in [-0.4, -0.2) is 65.2 Å². The van der Waals surface area contributed by atoms with E-state index >= 15 is 0 Å². The number of anilines is 1. The Morgan fingerprint density at radius 2 is 1.91 bits per heavy atom. The van der Waals surface area contributed by atoms with Crippen LogP contribution in [-0.2, 0) is 16.1 Å². The molecule has 1 aromatic heterocycles. The molecule has 5 N–H and O–H groups in total. The van der Waals surface area contributed by atoms with Gasteiger partial charge in [-0.2, -0.15) is 0 Å². The minimum Gasteiger partial charge on any atom is -0.392 e. The molecule has 2 aromatic rings. The Morgan fingerprint density at radius 3 is 2.61 bits per heavy atom. The Balaban J connectivity index is 1.60. The number of nitrogens with zero attached hydrogens (tertiary/aromatic N) is 3. The molecular weight excluding hydrogens is 436 g/mol. The van der Waals surface area contributed by atoms with Gasteiger partial charge in [0.1, 0.15) is 16.0 Å². The van der Waals surface area contributed by atoms with E-state index in [1.54, 1.807) is 0 Å². The summed E-state index contributed by atoms with van der Waals surface area (Å²) in [4.78, 5) is 28.0. The number of rotatable bonds is 12. The molecule has 2 amide bonds. The maximum Gasteiger partial charge on any atom is 0.267 e. The summed E-state index contributed by atoms with van der Waals surface area (Å²) in [6.45, 7) is 4.88. The zero-order valence-electron chi connectivity index (χ0n) is 19.8. The molecule has 3 rings (SSSR count). The van der Waals surface area contributed by atoms with E-state index in [0.717, 1.165) is 25.2 Å². The molecule has 0 radical (unpaired) electrons. The van der Waals surface area contributed by atoms with E-state index < -0.39 is 5.91 Å². The molecule has 0 aliphatic carbocycles. The van der Waals surface area contributed by atoms with Crippen LogP contribution in [0.1, 0.15) is 32.6 Å². The van der Waals surface area contributed by atoms with Crippen LogP contribution in [0.15, 0.2) is 41.2 Å². The van der Waals surface area contributed by atoms with Gasteiger partial charge < -0.3 is 31.2 Å². The highest BCUT2D eigenvalue weighted by Crippen LogP contribution is 2.36. The van der Waals surface area contributed by atoms with E-state index in [-0.39, 0.29) is 16.9 Å². The minimum absolute atomic E-state index is 0.0568. The number of nitrogens with two attached hydrogens (primary N) is 2. The van der Waals surface area contributed by atoms with Crippen LogP contribution in [0.3, 0.4) is 0 Å². The van der Waals surface area contributed by atoms with Crippen molar-refractivity contribution in [3.63, 3.8) is 0 Å². The summed E-state index contributed by atoms with van der Waals surface area (Å²) < 4.78 is 2.30. The van der Waals surface area contributed by atoms with Gasteiger partial charge in [-0.05, 0) is 64.0 Å². The SMILES string of the molecule is CCN1C(=O)[C@@H](CNc2ccc3ccn(CCCCCCN(C)C)c3c2)S/C1=C(/N)C(N)=O. The van der Waals surface area contributed by atoms with Crippen LogP contribution in [0, 0.1) is 0 Å². The molecule has 1 atom stereocenters. The van der Waals surface area contributed by atoms with Crippen LogP contribution in [0.5, 0.6) is 0 Å². The van der Waals surface area contributed by atoms with E-state index in [0.29, 0.717) is 18.1 Å². The van der Waals surface area contributed by atoms with Gasteiger partial charge in [0.15, 0.2) is 0 Å². The fraction of sp³-hybridized carbons (Fsp3) is 0.500. The summed E-state index contributed by atoms with van der Waals surface area (Å²) >= 11 is 1.29. The number of benzene rings is 1. The number of hydrogen-bond donors (Lipinski definition) is 3. The van der Waals surface area contributed by atoms with E-state index in [9.17, 15) is 9.59 Å². The molecule has 0 spiro atoms. The molecular formula is C24H36N6O2S. The molecule has 1 aliphatic rings. The maximum atomic E-state index is 12.8. The van der Waals surface area contributed by atoms with Gasteiger partial charge in [0.2, 0.25) is 5.91 Å². The molecule has 0 unspecified atom stereocenters. The molecule has 0 saturated carbocycles. The first-order chi connectivity index (χ1) is 15.8. The second-order valence-corrected chi connectivity index (χ2v) is 9.84. The number of unbranched alkanes of at least 4 members (excludes halogenated alkanes) is 3. The van der Waals surface area contributed by atoms with E-state index in [1.807, 2.05) is 13.0 Å². The van der Waals surface area contributed by atoms with Gasteiger partial charge in [0, 0.05) is 31.5 Å². The number of aromatic nitrogens is 1. The van der Waals surface area contributed by atoms with Gasteiger partial charge >= 0.3 is 0 Å². The molecule has 33 heavy (non-hydrogen) atoms. The van der Waals surface area contributed by atoms with Crippen LogP contribution in [0.4, 0.5) is 5.69 Å². The molecule has 180 valence electrons. The molecule has 1 aliphatic heterocycles. The fourth-order valence-corrected chi connectivity index (χ4v) is 5.27. The number of primary amides is 1. The third kappa shape index (κ3) is 6.23.